The second kappa shape index (κ2) is 9.82. The van der Waals surface area contributed by atoms with Crippen LogP contribution in [0.25, 0.3) is 0 Å². The van der Waals surface area contributed by atoms with Crippen LogP contribution in [0, 0.1) is 17.1 Å². The Balaban J connectivity index is 1.43. The van der Waals surface area contributed by atoms with Gasteiger partial charge in [0.05, 0.1) is 5.69 Å². The van der Waals surface area contributed by atoms with Crippen molar-refractivity contribution < 1.29 is 18.4 Å². The van der Waals surface area contributed by atoms with E-state index in [-0.39, 0.29) is 41.0 Å². The lowest BCUT2D eigenvalue weighted by molar-refractivity contribution is -0.124. The summed E-state index contributed by atoms with van der Waals surface area (Å²) in [5.41, 5.74) is 0.553. The maximum absolute atomic E-state index is 13.5. The van der Waals surface area contributed by atoms with Gasteiger partial charge in [0.15, 0.2) is 12.1 Å². The first kappa shape index (κ1) is 21.2. The van der Waals surface area contributed by atoms with Gasteiger partial charge in [-0.15, -0.1) is 0 Å². The fraction of sp³-hybridized carbons (Fsp3) is 0.333. The third kappa shape index (κ3) is 5.31. The van der Waals surface area contributed by atoms with Crippen LogP contribution in [-0.4, -0.2) is 40.6 Å². The average Bonchev–Trinajstić information content (AvgIpc) is 3.29. The zero-order chi connectivity index (χ0) is 21.5. The number of para-hydroxylation sites is 1. The Morgan fingerprint density at radius 1 is 1.27 bits per heavy atom. The first-order valence-corrected chi connectivity index (χ1v) is 9.68. The van der Waals surface area contributed by atoms with E-state index in [0.29, 0.717) is 25.7 Å². The summed E-state index contributed by atoms with van der Waals surface area (Å²) in [5, 5.41) is 13.2. The van der Waals surface area contributed by atoms with E-state index in [1.54, 1.807) is 30.1 Å². The average molecular weight is 413 g/mol. The summed E-state index contributed by atoms with van der Waals surface area (Å²) < 4.78 is 18.4. The molecule has 1 aromatic heterocycles. The summed E-state index contributed by atoms with van der Waals surface area (Å²) in [4.78, 5) is 30.3. The highest BCUT2D eigenvalue weighted by Gasteiger charge is 2.31. The van der Waals surface area contributed by atoms with Crippen LogP contribution >= 0.6 is 0 Å². The van der Waals surface area contributed by atoms with Gasteiger partial charge >= 0.3 is 0 Å². The number of hydrogen-bond acceptors (Lipinski definition) is 6. The lowest BCUT2D eigenvalue weighted by Gasteiger charge is -2.33. The van der Waals surface area contributed by atoms with E-state index in [1.807, 2.05) is 0 Å². The van der Waals surface area contributed by atoms with Crippen molar-refractivity contribution in [3.8, 4) is 0 Å². The third-order valence-electron chi connectivity index (χ3n) is 5.21. The predicted molar refractivity (Wildman–Crippen MR) is 109 cm³/mol. The molecule has 8 nitrogen and oxygen atoms in total. The molecule has 1 fully saturated rings. The highest BCUT2D eigenvalue weighted by molar-refractivity contribution is 6.03. The summed E-state index contributed by atoms with van der Waals surface area (Å²) >= 11 is 0. The van der Waals surface area contributed by atoms with Gasteiger partial charge in [-0.25, -0.2) is 9.37 Å². The molecule has 0 radical (unpaired) electrons. The van der Waals surface area contributed by atoms with Crippen LogP contribution in [0.4, 0.5) is 10.1 Å². The molecule has 2 amide bonds. The topological polar surface area (TPSA) is 111 Å². The Kier molecular flexibility index (Phi) is 6.95. The number of oxazole rings is 1. The minimum Gasteiger partial charge on any atom is -0.451 e. The largest absolute Gasteiger partial charge is 0.451 e. The van der Waals surface area contributed by atoms with Crippen LogP contribution in [0.1, 0.15) is 36.2 Å². The molecule has 2 aromatic rings. The van der Waals surface area contributed by atoms with Gasteiger partial charge in [0.2, 0.25) is 5.91 Å². The molecule has 1 heterocycles. The van der Waals surface area contributed by atoms with E-state index in [4.69, 9.17) is 9.83 Å². The lowest BCUT2D eigenvalue weighted by atomic mass is 9.84. The predicted octanol–water partition coefficient (Wildman–Crippen LogP) is 3.16. The van der Waals surface area contributed by atoms with Crippen LogP contribution in [0.5, 0.6) is 0 Å². The van der Waals surface area contributed by atoms with Crippen molar-refractivity contribution in [2.75, 3.05) is 12.4 Å². The van der Waals surface area contributed by atoms with Crippen LogP contribution in [0.15, 0.2) is 53.6 Å². The van der Waals surface area contributed by atoms with Crippen molar-refractivity contribution in [2.24, 2.45) is 5.92 Å². The number of anilines is 1. The molecule has 0 saturated heterocycles. The molecule has 3 N–H and O–H groups in total. The Bertz CT molecular complexity index is 920. The number of nitrogens with one attached hydrogen (secondary N) is 3. The second-order valence-electron chi connectivity index (χ2n) is 7.16. The van der Waals surface area contributed by atoms with Crippen molar-refractivity contribution in [2.45, 2.75) is 31.7 Å². The van der Waals surface area contributed by atoms with Crippen molar-refractivity contribution in [3.05, 3.63) is 60.7 Å². The molecule has 0 unspecified atom stereocenters. The second-order valence-corrected chi connectivity index (χ2v) is 7.16. The quantitative estimate of drug-likeness (QED) is 0.498. The lowest BCUT2D eigenvalue weighted by Crippen LogP contribution is -2.42. The van der Waals surface area contributed by atoms with E-state index in [1.165, 1.54) is 31.0 Å². The van der Waals surface area contributed by atoms with E-state index < -0.39 is 5.82 Å². The minimum atomic E-state index is -0.401. The van der Waals surface area contributed by atoms with Crippen molar-refractivity contribution in [1.82, 2.24) is 15.2 Å². The van der Waals surface area contributed by atoms with Gasteiger partial charge in [-0.2, -0.15) is 0 Å². The maximum Gasteiger partial charge on any atom is 0.275 e. The number of rotatable bonds is 6. The van der Waals surface area contributed by atoms with Gasteiger partial charge in [-0.1, -0.05) is 12.1 Å². The van der Waals surface area contributed by atoms with Gasteiger partial charge in [0.1, 0.15) is 17.9 Å². The van der Waals surface area contributed by atoms with Crippen LogP contribution in [-0.2, 0) is 4.79 Å². The summed E-state index contributed by atoms with van der Waals surface area (Å²) in [7, 11) is 1.73. The molecule has 1 saturated carbocycles. The molecule has 9 heteroatoms. The smallest absolute Gasteiger partial charge is 0.275 e. The zero-order valence-electron chi connectivity index (χ0n) is 16.6. The highest BCUT2D eigenvalue weighted by Crippen LogP contribution is 2.28. The molecule has 0 atom stereocenters. The van der Waals surface area contributed by atoms with Gasteiger partial charge in [0, 0.05) is 25.2 Å². The Morgan fingerprint density at radius 3 is 2.67 bits per heavy atom. The van der Waals surface area contributed by atoms with Crippen molar-refractivity contribution in [1.29, 1.82) is 5.41 Å². The molecule has 158 valence electrons. The molecule has 30 heavy (non-hydrogen) atoms. The van der Waals surface area contributed by atoms with Gasteiger partial charge < -0.3 is 20.0 Å². The first-order chi connectivity index (χ1) is 14.5. The van der Waals surface area contributed by atoms with Crippen LogP contribution < -0.4 is 10.6 Å². The van der Waals surface area contributed by atoms with E-state index in [9.17, 15) is 14.0 Å². The number of carbonyl (C=O) groups is 2. The number of benzene rings is 1. The number of halogens is 1. The number of nitrogens with zero attached hydrogens (tertiary/aromatic N) is 2. The number of carbonyl (C=O) groups excluding carboxylic acids is 2. The summed E-state index contributed by atoms with van der Waals surface area (Å²) in [6.45, 7) is 0. The Labute approximate surface area is 173 Å². The molecule has 0 aliphatic heterocycles. The number of amidine groups is 1. The van der Waals surface area contributed by atoms with E-state index in [2.05, 4.69) is 15.6 Å². The minimum absolute atomic E-state index is 0.0302. The van der Waals surface area contributed by atoms with E-state index in [0.717, 1.165) is 0 Å². The molecule has 0 bridgehead atoms. The number of hydrogen-bond donors (Lipinski definition) is 3. The van der Waals surface area contributed by atoms with Crippen LogP contribution in [0.2, 0.25) is 0 Å². The van der Waals surface area contributed by atoms with E-state index >= 15 is 0 Å². The molecule has 1 aliphatic rings. The fourth-order valence-electron chi connectivity index (χ4n) is 3.46. The van der Waals surface area contributed by atoms with Crippen molar-refractivity contribution in [3.63, 3.8) is 0 Å². The highest BCUT2D eigenvalue weighted by atomic mass is 19.1. The third-order valence-corrected chi connectivity index (χ3v) is 5.21. The molecular weight excluding hydrogens is 389 g/mol. The number of amides is 2. The normalized spacial score (nSPS) is 18.7. The van der Waals surface area contributed by atoms with Gasteiger partial charge in [-0.3, -0.25) is 15.0 Å². The monoisotopic (exact) mass is 413 g/mol. The number of aromatic nitrogens is 1. The summed E-state index contributed by atoms with van der Waals surface area (Å²) in [5.74, 6) is -1.12. The SMILES string of the molecule is CN(C(=O)c1cocn1)C1CCC(C(=O)NC(=N)/C=C\Nc2ccccc2F)CC1. The summed E-state index contributed by atoms with van der Waals surface area (Å²) in [6.07, 6.45) is 7.93. The zero-order valence-corrected chi connectivity index (χ0v) is 16.6. The summed E-state index contributed by atoms with van der Waals surface area (Å²) in [6, 6.07) is 6.21. The van der Waals surface area contributed by atoms with Crippen LogP contribution in [0.3, 0.4) is 0 Å². The first-order valence-electron chi connectivity index (χ1n) is 9.68. The molecule has 1 aromatic carbocycles. The standard InChI is InChI=1S/C21H24FN5O3/c1-27(21(29)18-12-30-13-25-18)15-8-6-14(7-9-15)20(28)26-19(23)10-11-24-17-5-3-2-4-16(17)22/h2-5,10-15,24H,6-9H2,1H3,(H2,23,26,28)/b11-10-. The molecule has 3 rings (SSSR count). The van der Waals surface area contributed by atoms with Gasteiger partial charge in [0.25, 0.3) is 5.91 Å². The molecule has 1 aliphatic carbocycles. The Hall–Kier alpha value is -3.49. The van der Waals surface area contributed by atoms with Gasteiger partial charge in [-0.05, 0) is 43.9 Å². The van der Waals surface area contributed by atoms with Crippen molar-refractivity contribution >= 4 is 23.3 Å². The molecule has 0 spiro atoms. The maximum atomic E-state index is 13.5. The molecular formula is C21H24FN5O3. The Morgan fingerprint density at radius 2 is 2.00 bits per heavy atom. The fourth-order valence-corrected chi connectivity index (χ4v) is 3.46.